The predicted octanol–water partition coefficient (Wildman–Crippen LogP) is 10.00. The van der Waals surface area contributed by atoms with Gasteiger partial charge in [-0.05, 0) is 71.4 Å². The van der Waals surface area contributed by atoms with E-state index in [1.54, 1.807) is 6.20 Å². The number of nitrogens with zero attached hydrogens (tertiary/aromatic N) is 3. The molecule has 0 aliphatic carbocycles. The van der Waals surface area contributed by atoms with Gasteiger partial charge in [-0.15, -0.1) is 10.2 Å². The molecule has 1 heterocycles. The minimum absolute atomic E-state index is 0.791. The Balaban J connectivity index is 1.65. The van der Waals surface area contributed by atoms with Crippen LogP contribution in [0.25, 0.3) is 77.0 Å². The maximum absolute atomic E-state index is 4.50. The summed E-state index contributed by atoms with van der Waals surface area (Å²) in [6.45, 7) is 0. The molecular weight excluding hydrogens is 510 g/mol. The third-order valence-electron chi connectivity index (χ3n) is 8.17. The number of hydrogen-bond donors (Lipinski definition) is 0. The summed E-state index contributed by atoms with van der Waals surface area (Å²) in [7, 11) is 0. The molecule has 0 radical (unpaired) electrons. The summed E-state index contributed by atoms with van der Waals surface area (Å²) in [6, 6.07) is 51.9. The summed E-state index contributed by atoms with van der Waals surface area (Å²) < 4.78 is 0. The molecule has 0 N–H and O–H groups in total. The molecule has 0 amide bonds. The van der Waals surface area contributed by atoms with Crippen LogP contribution in [0, 0.1) is 0 Å². The van der Waals surface area contributed by atoms with E-state index < -0.39 is 0 Å². The Bertz CT molecular complexity index is 2130. The molecule has 3 nitrogen and oxygen atoms in total. The molecule has 7 aromatic carbocycles. The van der Waals surface area contributed by atoms with Crippen molar-refractivity contribution in [2.75, 3.05) is 0 Å². The van der Waals surface area contributed by atoms with Crippen molar-refractivity contribution in [1.82, 2.24) is 15.4 Å². The second kappa shape index (κ2) is 10.1. The Hall–Kier alpha value is -5.67. The maximum Gasteiger partial charge on any atom is 0.0969 e. The van der Waals surface area contributed by atoms with Crippen LogP contribution >= 0.6 is 0 Å². The Morgan fingerprint density at radius 2 is 0.881 bits per heavy atom. The molecule has 0 aliphatic rings. The van der Waals surface area contributed by atoms with Crippen molar-refractivity contribution in [3.05, 3.63) is 152 Å². The van der Waals surface area contributed by atoms with Gasteiger partial charge in [-0.2, -0.15) is 0 Å². The van der Waals surface area contributed by atoms with Crippen LogP contribution < -0.4 is 0 Å². The highest BCUT2D eigenvalue weighted by Crippen LogP contribution is 2.49. The van der Waals surface area contributed by atoms with E-state index in [1.165, 1.54) is 49.0 Å². The summed E-state index contributed by atoms with van der Waals surface area (Å²) in [5.74, 6) is 0. The van der Waals surface area contributed by atoms with Crippen molar-refractivity contribution >= 4 is 32.3 Å². The van der Waals surface area contributed by atoms with E-state index >= 15 is 0 Å². The van der Waals surface area contributed by atoms with E-state index in [1.807, 2.05) is 6.07 Å². The molecule has 8 aromatic rings. The van der Waals surface area contributed by atoms with E-state index in [4.69, 9.17) is 0 Å². The van der Waals surface area contributed by atoms with E-state index in [0.717, 1.165) is 27.9 Å². The van der Waals surface area contributed by atoms with Crippen LogP contribution in [-0.2, 0) is 0 Å². The number of benzene rings is 7. The monoisotopic (exact) mass is 535 g/mol. The molecule has 0 aliphatic heterocycles. The third-order valence-corrected chi connectivity index (χ3v) is 8.17. The van der Waals surface area contributed by atoms with Crippen molar-refractivity contribution in [3.63, 3.8) is 0 Å². The fraction of sp³-hybridized carbons (Fsp3) is 0. The number of aromatic nitrogens is 3. The topological polar surface area (TPSA) is 38.7 Å². The summed E-state index contributed by atoms with van der Waals surface area (Å²) in [5, 5.41) is 20.0. The van der Waals surface area contributed by atoms with Crippen LogP contribution in [0.2, 0.25) is 0 Å². The molecule has 196 valence electrons. The molecule has 3 heteroatoms. The zero-order valence-corrected chi connectivity index (χ0v) is 22.8. The number of fused-ring (bicyclic) bond motifs is 6. The van der Waals surface area contributed by atoms with E-state index in [0.29, 0.717) is 0 Å². The first-order valence-electron chi connectivity index (χ1n) is 14.1. The van der Waals surface area contributed by atoms with Gasteiger partial charge in [0.05, 0.1) is 11.9 Å². The summed E-state index contributed by atoms with van der Waals surface area (Å²) in [4.78, 5) is 0. The molecule has 0 bridgehead atoms. The van der Waals surface area contributed by atoms with Gasteiger partial charge in [0.1, 0.15) is 0 Å². The van der Waals surface area contributed by atoms with Crippen LogP contribution in [0.3, 0.4) is 0 Å². The van der Waals surface area contributed by atoms with Gasteiger partial charge >= 0.3 is 0 Å². The van der Waals surface area contributed by atoms with E-state index in [2.05, 4.69) is 155 Å². The quantitative estimate of drug-likeness (QED) is 0.211. The lowest BCUT2D eigenvalue weighted by Crippen LogP contribution is -1.98. The molecule has 0 spiro atoms. The first-order chi connectivity index (χ1) is 20.9. The average Bonchev–Trinajstić information content (AvgIpc) is 3.08. The summed E-state index contributed by atoms with van der Waals surface area (Å²) in [6.07, 6.45) is 1.71. The minimum atomic E-state index is 0.791. The maximum atomic E-state index is 4.50. The molecule has 0 saturated heterocycles. The standard InChI is InChI=1S/C39H25N3/c1-3-12-26(13-4-1)28-20-11-21-35(36-24-25-40-42-41-36)37(28)39-29(27-14-5-2-6-15-27)22-23-34-32-18-8-7-16-30(32)31-17-9-10-19-33(31)38(34)39/h1-25H. The zero-order valence-electron chi connectivity index (χ0n) is 22.8. The fourth-order valence-corrected chi connectivity index (χ4v) is 6.39. The van der Waals surface area contributed by atoms with Crippen molar-refractivity contribution < 1.29 is 0 Å². The Morgan fingerprint density at radius 1 is 0.357 bits per heavy atom. The van der Waals surface area contributed by atoms with Gasteiger partial charge in [0.2, 0.25) is 0 Å². The smallest absolute Gasteiger partial charge is 0.0969 e. The highest BCUT2D eigenvalue weighted by molar-refractivity contribution is 6.30. The van der Waals surface area contributed by atoms with Crippen LogP contribution in [0.15, 0.2) is 152 Å². The Morgan fingerprint density at radius 3 is 1.50 bits per heavy atom. The molecule has 8 rings (SSSR count). The largest absolute Gasteiger partial charge is 0.139 e. The molecule has 0 unspecified atom stereocenters. The van der Waals surface area contributed by atoms with Gasteiger partial charge in [0.15, 0.2) is 0 Å². The lowest BCUT2D eigenvalue weighted by molar-refractivity contribution is 0.871. The third kappa shape index (κ3) is 3.87. The Kier molecular flexibility index (Phi) is 5.79. The van der Waals surface area contributed by atoms with Crippen LogP contribution in [0.5, 0.6) is 0 Å². The van der Waals surface area contributed by atoms with Crippen molar-refractivity contribution in [3.8, 4) is 44.6 Å². The van der Waals surface area contributed by atoms with Crippen LogP contribution in [0.1, 0.15) is 0 Å². The lowest BCUT2D eigenvalue weighted by atomic mass is 9.80. The lowest BCUT2D eigenvalue weighted by Gasteiger charge is -2.22. The molecule has 0 fully saturated rings. The first kappa shape index (κ1) is 24.2. The van der Waals surface area contributed by atoms with Crippen molar-refractivity contribution in [2.45, 2.75) is 0 Å². The highest BCUT2D eigenvalue weighted by atomic mass is 15.3. The van der Waals surface area contributed by atoms with Crippen molar-refractivity contribution in [1.29, 1.82) is 0 Å². The van der Waals surface area contributed by atoms with Crippen molar-refractivity contribution in [2.24, 2.45) is 0 Å². The van der Waals surface area contributed by atoms with Gasteiger partial charge in [-0.25, -0.2) is 0 Å². The highest BCUT2D eigenvalue weighted by Gasteiger charge is 2.23. The first-order valence-corrected chi connectivity index (χ1v) is 14.1. The second-order valence-corrected chi connectivity index (χ2v) is 10.5. The van der Waals surface area contributed by atoms with Crippen LogP contribution in [0.4, 0.5) is 0 Å². The van der Waals surface area contributed by atoms with Gasteiger partial charge < -0.3 is 0 Å². The minimum Gasteiger partial charge on any atom is -0.139 e. The second-order valence-electron chi connectivity index (χ2n) is 10.5. The van der Waals surface area contributed by atoms with E-state index in [9.17, 15) is 0 Å². The van der Waals surface area contributed by atoms with E-state index in [-0.39, 0.29) is 0 Å². The fourth-order valence-electron chi connectivity index (χ4n) is 6.39. The number of rotatable bonds is 4. The molecular formula is C39H25N3. The normalized spacial score (nSPS) is 11.3. The molecule has 1 aromatic heterocycles. The van der Waals surface area contributed by atoms with Gasteiger partial charge in [0.25, 0.3) is 0 Å². The summed E-state index contributed by atoms with van der Waals surface area (Å²) in [5.41, 5.74) is 8.78. The summed E-state index contributed by atoms with van der Waals surface area (Å²) >= 11 is 0. The SMILES string of the molecule is c1ccc(-c2cccc(-c3ccnnn3)c2-c2c(-c3ccccc3)ccc3c4ccccc4c4ccccc4c23)cc1. The van der Waals surface area contributed by atoms with Gasteiger partial charge in [-0.3, -0.25) is 0 Å². The van der Waals surface area contributed by atoms with Gasteiger partial charge in [-0.1, -0.05) is 140 Å². The molecule has 0 atom stereocenters. The predicted molar refractivity (Wildman–Crippen MR) is 174 cm³/mol. The zero-order chi connectivity index (χ0) is 27.9. The van der Waals surface area contributed by atoms with Gasteiger partial charge in [0, 0.05) is 11.1 Å². The average molecular weight is 536 g/mol. The van der Waals surface area contributed by atoms with Crippen LogP contribution in [-0.4, -0.2) is 15.4 Å². The molecule has 42 heavy (non-hydrogen) atoms. The number of hydrogen-bond acceptors (Lipinski definition) is 3. The Labute approximate surface area is 243 Å². The molecule has 0 saturated carbocycles.